The van der Waals surface area contributed by atoms with E-state index in [1.807, 2.05) is 35.2 Å². The van der Waals surface area contributed by atoms with E-state index in [2.05, 4.69) is 15.0 Å². The molecule has 2 aromatic heterocycles. The van der Waals surface area contributed by atoms with Crippen molar-refractivity contribution in [3.63, 3.8) is 0 Å². The van der Waals surface area contributed by atoms with Crippen molar-refractivity contribution < 1.29 is 5.11 Å². The maximum atomic E-state index is 12.5. The van der Waals surface area contributed by atoms with Crippen LogP contribution < -0.4 is 10.5 Å². The van der Waals surface area contributed by atoms with E-state index in [9.17, 15) is 9.90 Å². The molecule has 7 heteroatoms. The predicted molar refractivity (Wildman–Crippen MR) is 97.8 cm³/mol. The van der Waals surface area contributed by atoms with Crippen LogP contribution in [0.2, 0.25) is 0 Å². The standard InChI is InChI=1S/C19H19N5O2/c25-16(14-6-2-1-3-7-14)13-23-10-5-11-24-17(26)12-15(22-19(23)24)18-20-8-4-9-21-18/h1-4,6-9,12,16,25H,5,10-11,13H2/t16-/m0/s1. The Kier molecular flexibility index (Phi) is 4.45. The highest BCUT2D eigenvalue weighted by Crippen LogP contribution is 2.23. The summed E-state index contributed by atoms with van der Waals surface area (Å²) in [6, 6.07) is 12.7. The molecule has 1 N–H and O–H groups in total. The average Bonchev–Trinajstić information content (AvgIpc) is 2.70. The largest absolute Gasteiger partial charge is 0.387 e. The van der Waals surface area contributed by atoms with Gasteiger partial charge in [0.15, 0.2) is 5.82 Å². The Bertz CT molecular complexity index is 943. The third-order valence-corrected chi connectivity index (χ3v) is 4.45. The molecule has 0 unspecified atom stereocenters. The normalized spacial score (nSPS) is 14.7. The first-order valence-corrected chi connectivity index (χ1v) is 8.59. The Morgan fingerprint density at radius 3 is 2.62 bits per heavy atom. The van der Waals surface area contributed by atoms with Crippen LogP contribution >= 0.6 is 0 Å². The van der Waals surface area contributed by atoms with Gasteiger partial charge in [-0.05, 0) is 18.1 Å². The predicted octanol–water partition coefficient (Wildman–Crippen LogP) is 1.64. The lowest BCUT2D eigenvalue weighted by atomic mass is 10.1. The van der Waals surface area contributed by atoms with Crippen molar-refractivity contribution in [3.8, 4) is 11.5 Å². The Labute approximate surface area is 150 Å². The second-order valence-corrected chi connectivity index (χ2v) is 6.23. The van der Waals surface area contributed by atoms with Crippen molar-refractivity contribution in [2.75, 3.05) is 18.0 Å². The number of aromatic nitrogens is 4. The van der Waals surface area contributed by atoms with Gasteiger partial charge in [-0.1, -0.05) is 30.3 Å². The minimum atomic E-state index is -0.656. The molecule has 1 atom stereocenters. The molecule has 0 aliphatic carbocycles. The van der Waals surface area contributed by atoms with E-state index in [4.69, 9.17) is 0 Å². The monoisotopic (exact) mass is 349 g/mol. The fourth-order valence-electron chi connectivity index (χ4n) is 3.17. The molecule has 4 rings (SSSR count). The summed E-state index contributed by atoms with van der Waals surface area (Å²) >= 11 is 0. The van der Waals surface area contributed by atoms with E-state index in [-0.39, 0.29) is 5.56 Å². The molecule has 1 aliphatic rings. The summed E-state index contributed by atoms with van der Waals surface area (Å²) < 4.78 is 1.65. The fourth-order valence-corrected chi connectivity index (χ4v) is 3.17. The van der Waals surface area contributed by atoms with Gasteiger partial charge in [-0.3, -0.25) is 9.36 Å². The highest BCUT2D eigenvalue weighted by atomic mass is 16.3. The van der Waals surface area contributed by atoms with Crippen LogP contribution in [0.3, 0.4) is 0 Å². The summed E-state index contributed by atoms with van der Waals surface area (Å²) in [5.74, 6) is 0.975. The van der Waals surface area contributed by atoms with Crippen molar-refractivity contribution in [3.05, 3.63) is 70.8 Å². The third kappa shape index (κ3) is 3.21. The van der Waals surface area contributed by atoms with Gasteiger partial charge in [0.05, 0.1) is 12.6 Å². The first-order chi connectivity index (χ1) is 12.7. The molecular formula is C19H19N5O2. The van der Waals surface area contributed by atoms with E-state index in [1.54, 1.807) is 23.0 Å². The van der Waals surface area contributed by atoms with Gasteiger partial charge in [0.25, 0.3) is 5.56 Å². The summed E-state index contributed by atoms with van der Waals surface area (Å²) in [6.07, 6.45) is 3.42. The number of fused-ring (bicyclic) bond motifs is 1. The zero-order chi connectivity index (χ0) is 17.9. The molecule has 3 aromatic rings. The van der Waals surface area contributed by atoms with Crippen LogP contribution in [0.5, 0.6) is 0 Å². The van der Waals surface area contributed by atoms with Gasteiger partial charge in [-0.15, -0.1) is 0 Å². The molecular weight excluding hydrogens is 330 g/mol. The van der Waals surface area contributed by atoms with Crippen LogP contribution in [0.15, 0.2) is 59.7 Å². The molecule has 1 aromatic carbocycles. The molecule has 0 saturated carbocycles. The average molecular weight is 349 g/mol. The van der Waals surface area contributed by atoms with Crippen LogP contribution in [0.1, 0.15) is 18.1 Å². The van der Waals surface area contributed by atoms with Crippen LogP contribution in [0.25, 0.3) is 11.5 Å². The third-order valence-electron chi connectivity index (χ3n) is 4.45. The highest BCUT2D eigenvalue weighted by molar-refractivity contribution is 5.51. The summed E-state index contributed by atoms with van der Waals surface area (Å²) in [6.45, 7) is 1.72. The van der Waals surface area contributed by atoms with E-state index in [0.29, 0.717) is 30.6 Å². The van der Waals surface area contributed by atoms with E-state index >= 15 is 0 Å². The van der Waals surface area contributed by atoms with Gasteiger partial charge in [0.2, 0.25) is 5.95 Å². The second-order valence-electron chi connectivity index (χ2n) is 6.23. The van der Waals surface area contributed by atoms with Crippen molar-refractivity contribution in [1.29, 1.82) is 0 Å². The molecule has 0 radical (unpaired) electrons. The van der Waals surface area contributed by atoms with Crippen molar-refractivity contribution >= 4 is 5.95 Å². The quantitative estimate of drug-likeness (QED) is 0.771. The summed E-state index contributed by atoms with van der Waals surface area (Å²) in [4.78, 5) is 27.5. The van der Waals surface area contributed by atoms with Gasteiger partial charge in [0, 0.05) is 31.5 Å². The number of anilines is 1. The van der Waals surface area contributed by atoms with Gasteiger partial charge in [-0.25, -0.2) is 15.0 Å². The molecule has 0 fully saturated rings. The van der Waals surface area contributed by atoms with Gasteiger partial charge >= 0.3 is 0 Å². The lowest BCUT2D eigenvalue weighted by Crippen LogP contribution is -2.40. The van der Waals surface area contributed by atoms with E-state index < -0.39 is 6.10 Å². The maximum absolute atomic E-state index is 12.5. The van der Waals surface area contributed by atoms with Gasteiger partial charge < -0.3 is 10.0 Å². The number of aliphatic hydroxyl groups excluding tert-OH is 1. The minimum absolute atomic E-state index is 0.128. The lowest BCUT2D eigenvalue weighted by Gasteiger charge is -2.32. The van der Waals surface area contributed by atoms with Gasteiger partial charge in [-0.2, -0.15) is 0 Å². The zero-order valence-electron chi connectivity index (χ0n) is 14.2. The molecule has 0 bridgehead atoms. The van der Waals surface area contributed by atoms with E-state index in [1.165, 1.54) is 6.07 Å². The van der Waals surface area contributed by atoms with Crippen molar-refractivity contribution in [2.24, 2.45) is 0 Å². The Morgan fingerprint density at radius 1 is 1.08 bits per heavy atom. The number of nitrogens with zero attached hydrogens (tertiary/aromatic N) is 5. The molecule has 0 saturated heterocycles. The van der Waals surface area contributed by atoms with Crippen molar-refractivity contribution in [2.45, 2.75) is 19.1 Å². The Morgan fingerprint density at radius 2 is 1.85 bits per heavy atom. The molecule has 0 spiro atoms. The summed E-state index contributed by atoms with van der Waals surface area (Å²) in [5, 5.41) is 10.6. The van der Waals surface area contributed by atoms with Crippen LogP contribution in [0, 0.1) is 0 Å². The zero-order valence-corrected chi connectivity index (χ0v) is 14.2. The second kappa shape index (κ2) is 7.05. The number of benzene rings is 1. The number of rotatable bonds is 4. The molecule has 0 amide bonds. The first kappa shape index (κ1) is 16.4. The van der Waals surface area contributed by atoms with E-state index in [0.717, 1.165) is 18.5 Å². The smallest absolute Gasteiger partial charge is 0.255 e. The molecule has 26 heavy (non-hydrogen) atoms. The molecule has 3 heterocycles. The van der Waals surface area contributed by atoms with Gasteiger partial charge in [0.1, 0.15) is 5.69 Å². The number of aliphatic hydroxyl groups is 1. The number of hydrogen-bond donors (Lipinski definition) is 1. The Hall–Kier alpha value is -3.06. The van der Waals surface area contributed by atoms with Crippen molar-refractivity contribution in [1.82, 2.24) is 19.5 Å². The van der Waals surface area contributed by atoms with Crippen LogP contribution in [0.4, 0.5) is 5.95 Å². The molecule has 7 nitrogen and oxygen atoms in total. The SMILES string of the molecule is O=c1cc(-c2ncccn2)nc2n1CCCN2C[C@H](O)c1ccccc1. The lowest BCUT2D eigenvalue weighted by molar-refractivity contribution is 0.181. The molecule has 132 valence electrons. The number of hydrogen-bond acceptors (Lipinski definition) is 6. The number of β-amino-alcohol motifs (C(OH)–C–C–N with tert-alkyl or cyclic N) is 1. The summed E-state index contributed by atoms with van der Waals surface area (Å²) in [5.41, 5.74) is 1.16. The fraction of sp³-hybridized carbons (Fsp3) is 0.263. The van der Waals surface area contributed by atoms with Crippen LogP contribution in [-0.4, -0.2) is 37.7 Å². The van der Waals surface area contributed by atoms with Crippen LogP contribution in [-0.2, 0) is 6.54 Å². The topological polar surface area (TPSA) is 84.1 Å². The molecule has 1 aliphatic heterocycles. The maximum Gasteiger partial charge on any atom is 0.255 e. The first-order valence-electron chi connectivity index (χ1n) is 8.59. The highest BCUT2D eigenvalue weighted by Gasteiger charge is 2.23. The summed E-state index contributed by atoms with van der Waals surface area (Å²) in [7, 11) is 0. The minimum Gasteiger partial charge on any atom is -0.387 e. The Balaban J connectivity index is 1.68.